The summed E-state index contributed by atoms with van der Waals surface area (Å²) in [6, 6.07) is 14.2. The van der Waals surface area contributed by atoms with Gasteiger partial charge in [-0.2, -0.15) is 4.31 Å². The van der Waals surface area contributed by atoms with E-state index in [1.54, 1.807) is 12.1 Å². The van der Waals surface area contributed by atoms with Gasteiger partial charge in [0.25, 0.3) is 0 Å². The van der Waals surface area contributed by atoms with Gasteiger partial charge in [-0.15, -0.1) is 0 Å². The standard InChI is InChI=1S/C18H19NO5S/c20-25(21,16-8-9-17-18(11-16)23-13-22-17)19-10-4-7-15(12-19)24-14-5-2-1-3-6-14/h1-3,5-6,8-9,11,15H,4,7,10,12-13H2. The lowest BCUT2D eigenvalue weighted by Crippen LogP contribution is -2.44. The number of sulfonamides is 1. The van der Waals surface area contributed by atoms with Gasteiger partial charge in [0.15, 0.2) is 11.5 Å². The third kappa shape index (κ3) is 3.29. The van der Waals surface area contributed by atoms with Gasteiger partial charge in [0.1, 0.15) is 11.9 Å². The number of ether oxygens (including phenoxy) is 3. The van der Waals surface area contributed by atoms with E-state index in [9.17, 15) is 8.42 Å². The van der Waals surface area contributed by atoms with Crippen LogP contribution in [0.25, 0.3) is 0 Å². The molecule has 2 aromatic carbocycles. The van der Waals surface area contributed by atoms with Crippen LogP contribution in [0.4, 0.5) is 0 Å². The summed E-state index contributed by atoms with van der Waals surface area (Å²) in [5, 5.41) is 0. The summed E-state index contributed by atoms with van der Waals surface area (Å²) in [7, 11) is -3.59. The van der Waals surface area contributed by atoms with E-state index >= 15 is 0 Å². The van der Waals surface area contributed by atoms with Gasteiger partial charge in [0, 0.05) is 12.6 Å². The molecular weight excluding hydrogens is 342 g/mol. The van der Waals surface area contributed by atoms with Gasteiger partial charge in [-0.25, -0.2) is 8.42 Å². The molecule has 2 aliphatic heterocycles. The fourth-order valence-corrected chi connectivity index (χ4v) is 4.62. The number of nitrogens with zero attached hydrogens (tertiary/aromatic N) is 1. The molecule has 7 heteroatoms. The fraction of sp³-hybridized carbons (Fsp3) is 0.333. The average Bonchev–Trinajstić information content (AvgIpc) is 3.10. The molecule has 0 spiro atoms. The first-order valence-corrected chi connectivity index (χ1v) is 9.68. The SMILES string of the molecule is O=S(=O)(c1ccc2c(c1)OCO2)N1CCCC(Oc2ccccc2)C1. The molecule has 0 bridgehead atoms. The normalized spacial score (nSPS) is 20.4. The van der Waals surface area contributed by atoms with Gasteiger partial charge in [-0.05, 0) is 37.1 Å². The Morgan fingerprint density at radius 2 is 1.84 bits per heavy atom. The molecule has 0 aliphatic carbocycles. The maximum Gasteiger partial charge on any atom is 0.243 e. The minimum absolute atomic E-state index is 0.121. The fourth-order valence-electron chi connectivity index (χ4n) is 3.10. The number of rotatable bonds is 4. The van der Waals surface area contributed by atoms with E-state index in [4.69, 9.17) is 14.2 Å². The minimum Gasteiger partial charge on any atom is -0.489 e. The summed E-state index contributed by atoms with van der Waals surface area (Å²) in [6.07, 6.45) is 1.45. The Morgan fingerprint density at radius 3 is 2.68 bits per heavy atom. The van der Waals surface area contributed by atoms with Crippen molar-refractivity contribution in [1.82, 2.24) is 4.31 Å². The Labute approximate surface area is 147 Å². The topological polar surface area (TPSA) is 65.1 Å². The molecule has 6 nitrogen and oxygen atoms in total. The van der Waals surface area contributed by atoms with Crippen molar-refractivity contribution in [2.75, 3.05) is 19.9 Å². The number of para-hydroxylation sites is 1. The smallest absolute Gasteiger partial charge is 0.243 e. The second kappa shape index (κ2) is 6.57. The van der Waals surface area contributed by atoms with Gasteiger partial charge in [0.05, 0.1) is 11.4 Å². The number of hydrogen-bond donors (Lipinski definition) is 0. The molecule has 132 valence electrons. The lowest BCUT2D eigenvalue weighted by Gasteiger charge is -2.32. The third-order valence-corrected chi connectivity index (χ3v) is 6.23. The molecule has 2 heterocycles. The molecule has 0 N–H and O–H groups in total. The van der Waals surface area contributed by atoms with Crippen molar-refractivity contribution in [3.63, 3.8) is 0 Å². The Hall–Kier alpha value is -2.25. The molecule has 0 aromatic heterocycles. The van der Waals surface area contributed by atoms with E-state index in [1.165, 1.54) is 10.4 Å². The molecule has 2 aliphatic rings. The van der Waals surface area contributed by atoms with Crippen LogP contribution in [0.2, 0.25) is 0 Å². The second-order valence-corrected chi connectivity index (χ2v) is 8.01. The maximum atomic E-state index is 13.0. The summed E-state index contributed by atoms with van der Waals surface area (Å²) >= 11 is 0. The molecule has 1 unspecified atom stereocenters. The molecule has 1 fully saturated rings. The van der Waals surface area contributed by atoms with E-state index in [0.717, 1.165) is 18.6 Å². The van der Waals surface area contributed by atoms with Gasteiger partial charge >= 0.3 is 0 Å². The molecule has 25 heavy (non-hydrogen) atoms. The van der Waals surface area contributed by atoms with E-state index < -0.39 is 10.0 Å². The van der Waals surface area contributed by atoms with Gasteiger partial charge in [0.2, 0.25) is 16.8 Å². The Bertz CT molecular complexity index is 853. The second-order valence-electron chi connectivity index (χ2n) is 6.07. The van der Waals surface area contributed by atoms with E-state index in [1.807, 2.05) is 30.3 Å². The molecular formula is C18H19NO5S. The van der Waals surface area contributed by atoms with Crippen LogP contribution in [-0.4, -0.2) is 38.7 Å². The molecule has 1 atom stereocenters. The van der Waals surface area contributed by atoms with Crippen LogP contribution in [-0.2, 0) is 10.0 Å². The monoisotopic (exact) mass is 361 g/mol. The Kier molecular flexibility index (Phi) is 4.27. The van der Waals surface area contributed by atoms with Crippen LogP contribution < -0.4 is 14.2 Å². The number of benzene rings is 2. The first-order valence-electron chi connectivity index (χ1n) is 8.24. The first kappa shape index (κ1) is 16.2. The van der Waals surface area contributed by atoms with Crippen LogP contribution in [0.1, 0.15) is 12.8 Å². The predicted octanol–water partition coefficient (Wildman–Crippen LogP) is 2.65. The van der Waals surface area contributed by atoms with Crippen molar-refractivity contribution in [3.05, 3.63) is 48.5 Å². The summed E-state index contributed by atoms with van der Waals surface area (Å²) < 4.78 is 43.9. The molecule has 0 amide bonds. The molecule has 2 aromatic rings. The van der Waals surface area contributed by atoms with Crippen LogP contribution in [0.5, 0.6) is 17.2 Å². The number of hydrogen-bond acceptors (Lipinski definition) is 5. The lowest BCUT2D eigenvalue weighted by molar-refractivity contribution is 0.130. The van der Waals surface area contributed by atoms with Crippen molar-refractivity contribution < 1.29 is 22.6 Å². The molecule has 0 radical (unpaired) electrons. The highest BCUT2D eigenvalue weighted by Crippen LogP contribution is 2.35. The average molecular weight is 361 g/mol. The highest BCUT2D eigenvalue weighted by Gasteiger charge is 2.32. The summed E-state index contributed by atoms with van der Waals surface area (Å²) in [6.45, 7) is 0.951. The lowest BCUT2D eigenvalue weighted by atomic mass is 10.1. The number of piperidine rings is 1. The zero-order chi connectivity index (χ0) is 17.3. The van der Waals surface area contributed by atoms with Gasteiger partial charge in [-0.3, -0.25) is 0 Å². The van der Waals surface area contributed by atoms with Crippen LogP contribution in [0.3, 0.4) is 0 Å². The molecule has 1 saturated heterocycles. The largest absolute Gasteiger partial charge is 0.489 e. The van der Waals surface area contributed by atoms with Crippen molar-refractivity contribution in [1.29, 1.82) is 0 Å². The Morgan fingerprint density at radius 1 is 1.04 bits per heavy atom. The maximum absolute atomic E-state index is 13.0. The van der Waals surface area contributed by atoms with Gasteiger partial charge in [-0.1, -0.05) is 18.2 Å². The zero-order valence-electron chi connectivity index (χ0n) is 13.6. The van der Waals surface area contributed by atoms with Crippen molar-refractivity contribution in [2.24, 2.45) is 0 Å². The quantitative estimate of drug-likeness (QED) is 0.838. The predicted molar refractivity (Wildman–Crippen MR) is 91.4 cm³/mol. The van der Waals surface area contributed by atoms with E-state index in [0.29, 0.717) is 24.6 Å². The van der Waals surface area contributed by atoms with Crippen LogP contribution in [0.15, 0.2) is 53.4 Å². The van der Waals surface area contributed by atoms with Crippen molar-refractivity contribution >= 4 is 10.0 Å². The summed E-state index contributed by atoms with van der Waals surface area (Å²) in [4.78, 5) is 0.220. The number of fused-ring (bicyclic) bond motifs is 1. The van der Waals surface area contributed by atoms with E-state index in [-0.39, 0.29) is 17.8 Å². The Balaban J connectivity index is 1.52. The van der Waals surface area contributed by atoms with Crippen LogP contribution in [0, 0.1) is 0 Å². The highest BCUT2D eigenvalue weighted by atomic mass is 32.2. The summed E-state index contributed by atoms with van der Waals surface area (Å²) in [5.74, 6) is 1.80. The van der Waals surface area contributed by atoms with Gasteiger partial charge < -0.3 is 14.2 Å². The first-order chi connectivity index (χ1) is 12.1. The summed E-state index contributed by atoms with van der Waals surface area (Å²) in [5.41, 5.74) is 0. The highest BCUT2D eigenvalue weighted by molar-refractivity contribution is 7.89. The van der Waals surface area contributed by atoms with Crippen molar-refractivity contribution in [3.8, 4) is 17.2 Å². The van der Waals surface area contributed by atoms with E-state index in [2.05, 4.69) is 0 Å². The van der Waals surface area contributed by atoms with Crippen LogP contribution >= 0.6 is 0 Å². The third-order valence-electron chi connectivity index (χ3n) is 4.37. The zero-order valence-corrected chi connectivity index (χ0v) is 14.4. The molecule has 4 rings (SSSR count). The molecule has 0 saturated carbocycles. The van der Waals surface area contributed by atoms with Crippen molar-refractivity contribution in [2.45, 2.75) is 23.8 Å². The minimum atomic E-state index is -3.59.